The van der Waals surface area contributed by atoms with E-state index in [1.54, 1.807) is 53.4 Å². The van der Waals surface area contributed by atoms with Crippen molar-refractivity contribution in [2.75, 3.05) is 10.2 Å². The summed E-state index contributed by atoms with van der Waals surface area (Å²) in [5.74, 6) is -1.42. The van der Waals surface area contributed by atoms with Gasteiger partial charge in [0.05, 0.1) is 10.7 Å². The van der Waals surface area contributed by atoms with E-state index in [9.17, 15) is 14.4 Å². The number of amides is 3. The van der Waals surface area contributed by atoms with Gasteiger partial charge in [-0.05, 0) is 47.5 Å². The van der Waals surface area contributed by atoms with E-state index in [-0.39, 0.29) is 27.3 Å². The molecular formula is C31H23Cl2N3O3. The molecule has 0 radical (unpaired) electrons. The fourth-order valence-electron chi connectivity index (χ4n) is 4.29. The third-order valence-corrected chi connectivity index (χ3v) is 6.91. The van der Waals surface area contributed by atoms with E-state index < -0.39 is 11.8 Å². The van der Waals surface area contributed by atoms with Gasteiger partial charge < -0.3 is 10.2 Å². The summed E-state index contributed by atoms with van der Waals surface area (Å²) in [5.41, 5.74) is 3.22. The van der Waals surface area contributed by atoms with Crippen LogP contribution in [0.4, 0.5) is 11.4 Å². The van der Waals surface area contributed by atoms with Crippen molar-refractivity contribution in [3.05, 3.63) is 142 Å². The Morgan fingerprint density at radius 2 is 1.23 bits per heavy atom. The second-order valence-electron chi connectivity index (χ2n) is 8.92. The van der Waals surface area contributed by atoms with Crippen molar-refractivity contribution in [3.63, 3.8) is 0 Å². The van der Waals surface area contributed by atoms with Crippen LogP contribution in [0.15, 0.2) is 120 Å². The molecule has 0 unspecified atom stereocenters. The van der Waals surface area contributed by atoms with Crippen molar-refractivity contribution in [1.29, 1.82) is 0 Å². The maximum atomic E-state index is 13.5. The largest absolute Gasteiger partial charge is 0.350 e. The molecule has 0 fully saturated rings. The van der Waals surface area contributed by atoms with Crippen LogP contribution in [0.5, 0.6) is 0 Å². The fourth-order valence-corrected chi connectivity index (χ4v) is 4.73. The van der Waals surface area contributed by atoms with Gasteiger partial charge in [0.2, 0.25) is 0 Å². The Morgan fingerprint density at radius 1 is 0.692 bits per heavy atom. The summed E-state index contributed by atoms with van der Waals surface area (Å²) in [7, 11) is 0. The highest BCUT2D eigenvalue weighted by Gasteiger charge is 2.39. The number of nitrogens with one attached hydrogen (secondary N) is 1. The number of benzene rings is 4. The minimum atomic E-state index is -0.665. The highest BCUT2D eigenvalue weighted by Crippen LogP contribution is 2.34. The lowest BCUT2D eigenvalue weighted by atomic mass is 10.1. The first kappa shape index (κ1) is 26.2. The molecule has 0 saturated carbocycles. The topological polar surface area (TPSA) is 69.7 Å². The summed E-state index contributed by atoms with van der Waals surface area (Å²) in [6, 6.07) is 32.9. The van der Waals surface area contributed by atoms with Crippen molar-refractivity contribution >= 4 is 52.3 Å². The number of para-hydroxylation sites is 1. The number of carbonyl (C=O) groups excluding carboxylic acids is 3. The quantitative estimate of drug-likeness (QED) is 0.248. The molecular weight excluding hydrogens is 533 g/mol. The smallest absolute Gasteiger partial charge is 0.283 e. The number of nitrogens with zero attached hydrogens (tertiary/aromatic N) is 2. The van der Waals surface area contributed by atoms with E-state index in [4.69, 9.17) is 23.2 Å². The highest BCUT2D eigenvalue weighted by atomic mass is 35.5. The molecule has 1 aliphatic heterocycles. The van der Waals surface area contributed by atoms with Gasteiger partial charge in [0.15, 0.2) is 0 Å². The van der Waals surface area contributed by atoms with Gasteiger partial charge in [-0.2, -0.15) is 0 Å². The Balaban J connectivity index is 1.34. The zero-order chi connectivity index (χ0) is 27.4. The zero-order valence-corrected chi connectivity index (χ0v) is 22.2. The SMILES string of the molecule is O=C(c1ccc(NC2=C(Cl)C(=O)N(c3ccccc3Cl)C2=O)cc1)N(Cc1ccccc1)Cc1ccccc1. The van der Waals surface area contributed by atoms with Gasteiger partial charge in [-0.25, -0.2) is 4.90 Å². The Hall–Kier alpha value is -4.39. The molecule has 4 aromatic carbocycles. The van der Waals surface area contributed by atoms with Crippen LogP contribution in [-0.2, 0) is 22.7 Å². The van der Waals surface area contributed by atoms with Gasteiger partial charge in [-0.1, -0.05) is 96.0 Å². The molecule has 39 heavy (non-hydrogen) atoms. The molecule has 3 amide bonds. The molecule has 6 nitrogen and oxygen atoms in total. The average molecular weight is 556 g/mol. The Labute approximate surface area is 236 Å². The van der Waals surface area contributed by atoms with Crippen molar-refractivity contribution in [1.82, 2.24) is 4.90 Å². The van der Waals surface area contributed by atoms with Gasteiger partial charge in [0, 0.05) is 24.3 Å². The van der Waals surface area contributed by atoms with Crippen molar-refractivity contribution < 1.29 is 14.4 Å². The molecule has 8 heteroatoms. The maximum absolute atomic E-state index is 13.5. The summed E-state index contributed by atoms with van der Waals surface area (Å²) in [6.07, 6.45) is 0. The minimum absolute atomic E-state index is 0.0598. The van der Waals surface area contributed by atoms with E-state index in [1.807, 2.05) is 60.7 Å². The number of halogens is 2. The normalized spacial score (nSPS) is 13.1. The van der Waals surface area contributed by atoms with Crippen LogP contribution in [0.3, 0.4) is 0 Å². The number of hydrogen-bond donors (Lipinski definition) is 1. The summed E-state index contributed by atoms with van der Waals surface area (Å²) in [6.45, 7) is 0.900. The predicted molar refractivity (Wildman–Crippen MR) is 153 cm³/mol. The molecule has 0 atom stereocenters. The molecule has 0 bridgehead atoms. The van der Waals surface area contributed by atoms with E-state index in [2.05, 4.69) is 5.32 Å². The van der Waals surface area contributed by atoms with E-state index >= 15 is 0 Å². The van der Waals surface area contributed by atoms with Crippen molar-refractivity contribution in [3.8, 4) is 0 Å². The van der Waals surface area contributed by atoms with Crippen LogP contribution < -0.4 is 10.2 Å². The Kier molecular flexibility index (Phi) is 7.77. The molecule has 0 saturated heterocycles. The van der Waals surface area contributed by atoms with Crippen LogP contribution in [0.1, 0.15) is 21.5 Å². The third kappa shape index (κ3) is 5.72. The predicted octanol–water partition coefficient (Wildman–Crippen LogP) is 6.62. The van der Waals surface area contributed by atoms with Gasteiger partial charge in [0.25, 0.3) is 17.7 Å². The molecule has 1 aliphatic rings. The zero-order valence-electron chi connectivity index (χ0n) is 20.7. The fraction of sp³-hybridized carbons (Fsp3) is 0.0645. The van der Waals surface area contributed by atoms with Crippen molar-refractivity contribution in [2.45, 2.75) is 13.1 Å². The molecule has 194 valence electrons. The van der Waals surface area contributed by atoms with E-state index in [0.717, 1.165) is 16.0 Å². The van der Waals surface area contributed by atoms with Crippen LogP contribution in [0.25, 0.3) is 0 Å². The highest BCUT2D eigenvalue weighted by molar-refractivity contribution is 6.53. The molecule has 0 aliphatic carbocycles. The van der Waals surface area contributed by atoms with Crippen LogP contribution in [0.2, 0.25) is 5.02 Å². The summed E-state index contributed by atoms with van der Waals surface area (Å²) < 4.78 is 0. The lowest BCUT2D eigenvalue weighted by Gasteiger charge is -2.23. The number of carbonyl (C=O) groups is 3. The first-order valence-electron chi connectivity index (χ1n) is 12.2. The first-order chi connectivity index (χ1) is 18.9. The lowest BCUT2D eigenvalue weighted by molar-refractivity contribution is -0.120. The third-order valence-electron chi connectivity index (χ3n) is 6.24. The Bertz CT molecular complexity index is 1510. The second kappa shape index (κ2) is 11.6. The van der Waals surface area contributed by atoms with Gasteiger partial charge in [-0.3, -0.25) is 14.4 Å². The van der Waals surface area contributed by atoms with Crippen LogP contribution in [-0.4, -0.2) is 22.6 Å². The number of imide groups is 1. The van der Waals surface area contributed by atoms with E-state index in [0.29, 0.717) is 24.3 Å². The lowest BCUT2D eigenvalue weighted by Crippen LogP contribution is -2.32. The summed E-state index contributed by atoms with van der Waals surface area (Å²) in [4.78, 5) is 42.1. The van der Waals surface area contributed by atoms with Gasteiger partial charge in [0.1, 0.15) is 10.7 Å². The molecule has 0 aromatic heterocycles. The van der Waals surface area contributed by atoms with E-state index in [1.165, 1.54) is 0 Å². The average Bonchev–Trinajstić information content (AvgIpc) is 3.17. The number of rotatable bonds is 8. The maximum Gasteiger partial charge on any atom is 0.283 e. The molecule has 4 aromatic rings. The second-order valence-corrected chi connectivity index (χ2v) is 9.71. The monoisotopic (exact) mass is 555 g/mol. The van der Waals surface area contributed by atoms with Crippen molar-refractivity contribution in [2.24, 2.45) is 0 Å². The molecule has 1 N–H and O–H groups in total. The minimum Gasteiger partial charge on any atom is -0.350 e. The summed E-state index contributed by atoms with van der Waals surface area (Å²) in [5, 5.41) is 2.95. The number of hydrogen-bond acceptors (Lipinski definition) is 4. The molecule has 5 rings (SSSR count). The van der Waals surface area contributed by atoms with Gasteiger partial charge >= 0.3 is 0 Å². The van der Waals surface area contributed by atoms with Crippen LogP contribution >= 0.6 is 23.2 Å². The molecule has 1 heterocycles. The van der Waals surface area contributed by atoms with Crippen LogP contribution in [0, 0.1) is 0 Å². The number of anilines is 2. The standard InChI is InChI=1S/C31H23Cl2N3O3/c32-25-13-7-8-14-26(25)36-30(38)27(33)28(31(36)39)34-24-17-15-23(16-18-24)29(37)35(19-21-9-3-1-4-10-21)20-22-11-5-2-6-12-22/h1-18,34H,19-20H2. The first-order valence-corrected chi connectivity index (χ1v) is 13.0. The molecule has 0 spiro atoms. The Morgan fingerprint density at radius 3 is 1.79 bits per heavy atom. The van der Waals surface area contributed by atoms with Gasteiger partial charge in [-0.15, -0.1) is 0 Å². The summed E-state index contributed by atoms with van der Waals surface area (Å²) >= 11 is 12.5.